The van der Waals surface area contributed by atoms with E-state index in [1.54, 1.807) is 30.5 Å². The maximum atomic E-state index is 12.8. The highest BCUT2D eigenvalue weighted by Crippen LogP contribution is 2.33. The summed E-state index contributed by atoms with van der Waals surface area (Å²) in [5.74, 6) is -2.26. The summed E-state index contributed by atoms with van der Waals surface area (Å²) in [5, 5.41) is 18.0. The molecule has 1 saturated carbocycles. The molecule has 5 rings (SSSR count). The zero-order chi connectivity index (χ0) is 26.2. The van der Waals surface area contributed by atoms with E-state index in [2.05, 4.69) is 20.1 Å². The lowest BCUT2D eigenvalue weighted by molar-refractivity contribution is -0.201. The van der Waals surface area contributed by atoms with Gasteiger partial charge in [-0.15, -0.1) is 0 Å². The van der Waals surface area contributed by atoms with Crippen LogP contribution in [0.3, 0.4) is 0 Å². The van der Waals surface area contributed by atoms with Crippen LogP contribution >= 0.6 is 0 Å². The second-order valence-corrected chi connectivity index (χ2v) is 9.02. The van der Waals surface area contributed by atoms with Crippen molar-refractivity contribution in [2.24, 2.45) is 5.92 Å². The number of ether oxygens (including phenoxy) is 1. The number of anilines is 1. The number of hydrogen-bond donors (Lipinski definition) is 1. The molecular formula is C25H21F3N6O3. The number of aromatic nitrogens is 4. The van der Waals surface area contributed by atoms with Gasteiger partial charge in [0.15, 0.2) is 0 Å². The van der Waals surface area contributed by atoms with Gasteiger partial charge in [0.1, 0.15) is 11.7 Å². The fraction of sp³-hybridized carbons (Fsp3) is 0.320. The number of pyridine rings is 1. The second-order valence-electron chi connectivity index (χ2n) is 9.02. The van der Waals surface area contributed by atoms with Crippen LogP contribution in [0.1, 0.15) is 37.3 Å². The van der Waals surface area contributed by atoms with Crippen molar-refractivity contribution in [2.75, 3.05) is 11.9 Å². The molecule has 1 aliphatic rings. The molecule has 1 N–H and O–H groups in total. The average Bonchev–Trinajstić information content (AvgIpc) is 3.50. The third kappa shape index (κ3) is 5.11. The van der Waals surface area contributed by atoms with Gasteiger partial charge in [0, 0.05) is 35.1 Å². The van der Waals surface area contributed by atoms with Crippen LogP contribution in [0.15, 0.2) is 48.9 Å². The number of amides is 1. The van der Waals surface area contributed by atoms with E-state index in [0.717, 1.165) is 10.9 Å². The zero-order valence-corrected chi connectivity index (χ0v) is 19.4. The van der Waals surface area contributed by atoms with Crippen molar-refractivity contribution >= 4 is 39.6 Å². The van der Waals surface area contributed by atoms with Crippen molar-refractivity contribution < 1.29 is 27.5 Å². The van der Waals surface area contributed by atoms with E-state index in [1.807, 2.05) is 23.0 Å². The first-order chi connectivity index (χ1) is 17.7. The van der Waals surface area contributed by atoms with Crippen LogP contribution in [-0.2, 0) is 9.53 Å². The first-order valence-electron chi connectivity index (χ1n) is 11.6. The summed E-state index contributed by atoms with van der Waals surface area (Å²) in [6.07, 6.45) is 2.57. The average molecular weight is 510 g/mol. The van der Waals surface area contributed by atoms with Crippen LogP contribution in [0.25, 0.3) is 21.9 Å². The predicted molar refractivity (Wildman–Crippen MR) is 127 cm³/mol. The fourth-order valence-electron chi connectivity index (χ4n) is 4.59. The van der Waals surface area contributed by atoms with E-state index in [9.17, 15) is 22.8 Å². The van der Waals surface area contributed by atoms with E-state index in [4.69, 9.17) is 5.26 Å². The fourth-order valence-corrected chi connectivity index (χ4v) is 4.59. The molecule has 1 aromatic carbocycles. The minimum atomic E-state index is -4.97. The van der Waals surface area contributed by atoms with Crippen molar-refractivity contribution in [1.82, 2.24) is 19.3 Å². The van der Waals surface area contributed by atoms with E-state index in [0.29, 0.717) is 48.0 Å². The first-order valence-corrected chi connectivity index (χ1v) is 11.6. The largest absolute Gasteiger partial charge is 0.490 e. The maximum Gasteiger partial charge on any atom is 0.490 e. The molecule has 0 spiro atoms. The van der Waals surface area contributed by atoms with Crippen molar-refractivity contribution in [3.8, 4) is 6.07 Å². The molecule has 190 valence electrons. The Labute approximate surface area is 208 Å². The molecule has 0 bridgehead atoms. The highest BCUT2D eigenvalue weighted by molar-refractivity contribution is 5.98. The van der Waals surface area contributed by atoms with Gasteiger partial charge in [-0.1, -0.05) is 0 Å². The number of hydrogen-bond acceptors (Lipinski definition) is 6. The Balaban J connectivity index is 1.22. The number of carbonyl (C=O) groups excluding carboxylic acids is 2. The summed E-state index contributed by atoms with van der Waals surface area (Å²) in [6.45, 7) is -0.235. The van der Waals surface area contributed by atoms with Gasteiger partial charge in [-0.3, -0.25) is 9.25 Å². The third-order valence-electron chi connectivity index (χ3n) is 6.52. The monoisotopic (exact) mass is 510 g/mol. The number of fused-ring (bicyclic) bond motifs is 2. The summed E-state index contributed by atoms with van der Waals surface area (Å²) in [5.41, 5.74) is 2.17. The van der Waals surface area contributed by atoms with Crippen LogP contribution in [0.4, 0.5) is 23.7 Å². The van der Waals surface area contributed by atoms with Crippen molar-refractivity contribution in [3.05, 3.63) is 54.5 Å². The van der Waals surface area contributed by atoms with E-state index < -0.39 is 18.2 Å². The molecule has 4 aromatic rings. The smallest absolute Gasteiger partial charge is 0.459 e. The molecule has 3 aromatic heterocycles. The Morgan fingerprint density at radius 2 is 1.92 bits per heavy atom. The molecule has 12 heteroatoms. The Kier molecular flexibility index (Phi) is 6.29. The minimum absolute atomic E-state index is 0.0793. The van der Waals surface area contributed by atoms with Crippen LogP contribution in [-0.4, -0.2) is 44.1 Å². The van der Waals surface area contributed by atoms with Crippen molar-refractivity contribution in [1.29, 1.82) is 5.26 Å². The minimum Gasteiger partial charge on any atom is -0.459 e. The normalized spacial score (nSPS) is 18.0. The Morgan fingerprint density at radius 1 is 1.14 bits per heavy atom. The predicted octanol–water partition coefficient (Wildman–Crippen LogP) is 5.17. The second kappa shape index (κ2) is 9.57. The number of benzene rings is 1. The Morgan fingerprint density at radius 3 is 2.65 bits per heavy atom. The number of nitrogens with one attached hydrogen (secondary N) is 1. The number of carbonyl (C=O) groups is 2. The maximum absolute atomic E-state index is 12.8. The number of nitriles is 1. The summed E-state index contributed by atoms with van der Waals surface area (Å²) < 4.78 is 44.6. The SMILES string of the molecule is N#Cc1cnc2c(ccn2C(=O)Nc2ccc3nn(C4CCC(COC(=O)C(F)(F)F)CC4)cc3c2)c1. The van der Waals surface area contributed by atoms with E-state index >= 15 is 0 Å². The van der Waals surface area contributed by atoms with Gasteiger partial charge in [-0.2, -0.15) is 23.5 Å². The van der Waals surface area contributed by atoms with Crippen LogP contribution < -0.4 is 5.32 Å². The molecule has 9 nitrogen and oxygen atoms in total. The van der Waals surface area contributed by atoms with Gasteiger partial charge in [0.2, 0.25) is 0 Å². The summed E-state index contributed by atoms with van der Waals surface area (Å²) in [4.78, 5) is 28.0. The summed E-state index contributed by atoms with van der Waals surface area (Å²) >= 11 is 0. The Hall–Kier alpha value is -4.40. The molecule has 0 radical (unpaired) electrons. The third-order valence-corrected chi connectivity index (χ3v) is 6.52. The lowest BCUT2D eigenvalue weighted by Gasteiger charge is -2.28. The lowest BCUT2D eigenvalue weighted by Crippen LogP contribution is -2.29. The van der Waals surface area contributed by atoms with Gasteiger partial charge in [0.05, 0.1) is 23.7 Å². The summed E-state index contributed by atoms with van der Waals surface area (Å²) in [7, 11) is 0. The van der Waals surface area contributed by atoms with E-state index in [-0.39, 0.29) is 18.6 Å². The van der Waals surface area contributed by atoms with Gasteiger partial charge >= 0.3 is 18.2 Å². The van der Waals surface area contributed by atoms with Crippen LogP contribution in [0.2, 0.25) is 0 Å². The molecule has 1 aliphatic carbocycles. The first kappa shape index (κ1) is 24.3. The molecule has 1 fully saturated rings. The van der Waals surface area contributed by atoms with Crippen LogP contribution in [0.5, 0.6) is 0 Å². The quantitative estimate of drug-likeness (QED) is 0.379. The van der Waals surface area contributed by atoms with Gasteiger partial charge in [-0.05, 0) is 61.9 Å². The highest BCUT2D eigenvalue weighted by atomic mass is 19.4. The molecule has 1 amide bonds. The number of esters is 1. The molecular weight excluding hydrogens is 489 g/mol. The Bertz CT molecular complexity index is 1530. The molecule has 37 heavy (non-hydrogen) atoms. The number of nitrogens with zero attached hydrogens (tertiary/aromatic N) is 5. The zero-order valence-electron chi connectivity index (χ0n) is 19.4. The molecule has 0 unspecified atom stereocenters. The van der Waals surface area contributed by atoms with Gasteiger partial charge < -0.3 is 10.1 Å². The number of rotatable bonds is 4. The standard InChI is InChI=1S/C25H21F3N6O3/c26-25(27,28)23(35)37-14-15-1-4-20(5-2-15)34-13-18-10-19(3-6-21(18)32-34)31-24(36)33-8-7-17-9-16(11-29)12-30-22(17)33/h3,6-10,12-13,15,20H,1-2,4-5,14H2,(H,31,36). The number of halogens is 3. The van der Waals surface area contributed by atoms with Crippen molar-refractivity contribution in [3.63, 3.8) is 0 Å². The van der Waals surface area contributed by atoms with Gasteiger partial charge in [0.25, 0.3) is 0 Å². The summed E-state index contributed by atoms with van der Waals surface area (Å²) in [6, 6.07) is 10.4. The molecule has 0 aliphatic heterocycles. The van der Waals surface area contributed by atoms with Crippen molar-refractivity contribution in [2.45, 2.75) is 37.9 Å². The molecule has 0 saturated heterocycles. The van der Waals surface area contributed by atoms with Crippen LogP contribution in [0, 0.1) is 17.2 Å². The lowest BCUT2D eigenvalue weighted by atomic mass is 9.86. The number of alkyl halides is 3. The highest BCUT2D eigenvalue weighted by Gasteiger charge is 2.41. The topological polar surface area (TPSA) is 115 Å². The van der Waals surface area contributed by atoms with E-state index in [1.165, 1.54) is 10.8 Å². The molecule has 0 atom stereocenters. The van der Waals surface area contributed by atoms with Gasteiger partial charge in [-0.25, -0.2) is 14.6 Å². The molecule has 3 heterocycles.